The van der Waals surface area contributed by atoms with Crippen LogP contribution in [-0.2, 0) is 11.3 Å². The lowest BCUT2D eigenvalue weighted by atomic mass is 10.1. The zero-order valence-corrected chi connectivity index (χ0v) is 19.1. The van der Waals surface area contributed by atoms with Crippen LogP contribution >= 0.6 is 11.6 Å². The number of carbonyl (C=O) groups is 2. The van der Waals surface area contributed by atoms with Crippen molar-refractivity contribution in [2.24, 2.45) is 0 Å². The predicted molar refractivity (Wildman–Crippen MR) is 119 cm³/mol. The summed E-state index contributed by atoms with van der Waals surface area (Å²) in [5.41, 5.74) is 2.19. The van der Waals surface area contributed by atoms with Gasteiger partial charge in [-0.25, -0.2) is 4.39 Å². The predicted octanol–water partition coefficient (Wildman–Crippen LogP) is 4.49. The van der Waals surface area contributed by atoms with Crippen molar-refractivity contribution in [1.29, 1.82) is 0 Å². The van der Waals surface area contributed by atoms with Gasteiger partial charge in [0.15, 0.2) is 12.4 Å². The molecule has 1 fully saturated rings. The van der Waals surface area contributed by atoms with Crippen molar-refractivity contribution in [1.82, 2.24) is 9.80 Å². The van der Waals surface area contributed by atoms with Crippen LogP contribution in [0.15, 0.2) is 36.4 Å². The Morgan fingerprint density at radius 3 is 2.45 bits per heavy atom. The molecule has 0 saturated carbocycles. The number of hydrogen-bond acceptors (Lipinski definition) is 4. The highest BCUT2D eigenvalue weighted by Gasteiger charge is 2.32. The summed E-state index contributed by atoms with van der Waals surface area (Å²) in [6, 6.07) is 9.94. The van der Waals surface area contributed by atoms with Crippen LogP contribution in [0, 0.1) is 12.7 Å². The van der Waals surface area contributed by atoms with Crippen molar-refractivity contribution in [3.05, 3.63) is 63.9 Å². The molecule has 2 atom stereocenters. The van der Waals surface area contributed by atoms with Gasteiger partial charge < -0.3 is 9.64 Å². The van der Waals surface area contributed by atoms with Crippen molar-refractivity contribution < 1.29 is 18.7 Å². The summed E-state index contributed by atoms with van der Waals surface area (Å²) in [5.74, 6) is -0.161. The summed E-state index contributed by atoms with van der Waals surface area (Å²) in [4.78, 5) is 28.9. The van der Waals surface area contributed by atoms with Crippen LogP contribution in [0.2, 0.25) is 5.02 Å². The molecule has 1 heterocycles. The Labute approximate surface area is 187 Å². The quantitative estimate of drug-likeness (QED) is 0.613. The number of amides is 1. The van der Waals surface area contributed by atoms with Crippen LogP contribution in [-0.4, -0.2) is 53.3 Å². The van der Waals surface area contributed by atoms with E-state index >= 15 is 0 Å². The van der Waals surface area contributed by atoms with Gasteiger partial charge in [0.1, 0.15) is 11.6 Å². The van der Waals surface area contributed by atoms with Gasteiger partial charge in [-0.15, -0.1) is 0 Å². The van der Waals surface area contributed by atoms with Crippen LogP contribution in [0.4, 0.5) is 4.39 Å². The topological polar surface area (TPSA) is 49.9 Å². The first-order valence-corrected chi connectivity index (χ1v) is 10.8. The molecule has 1 aliphatic rings. The smallest absolute Gasteiger partial charge is 0.260 e. The Balaban J connectivity index is 1.62. The Kier molecular flexibility index (Phi) is 7.34. The average molecular weight is 447 g/mol. The first kappa shape index (κ1) is 23.2. The van der Waals surface area contributed by atoms with Crippen molar-refractivity contribution in [2.75, 3.05) is 19.7 Å². The maximum absolute atomic E-state index is 13.2. The van der Waals surface area contributed by atoms with E-state index in [1.165, 1.54) is 19.1 Å². The number of Topliss-reactive ketones (excluding diaryl/α,β-unsaturated/α-hetero) is 1. The number of ketones is 1. The van der Waals surface area contributed by atoms with Gasteiger partial charge >= 0.3 is 0 Å². The number of benzene rings is 2. The molecule has 0 unspecified atom stereocenters. The van der Waals surface area contributed by atoms with E-state index < -0.39 is 0 Å². The van der Waals surface area contributed by atoms with Gasteiger partial charge in [-0.2, -0.15) is 0 Å². The van der Waals surface area contributed by atoms with E-state index in [0.29, 0.717) is 36.0 Å². The Bertz CT molecular complexity index is 964. The lowest BCUT2D eigenvalue weighted by Crippen LogP contribution is -2.58. The number of piperazine rings is 1. The number of nitrogens with zero attached hydrogens (tertiary/aromatic N) is 2. The Hall–Kier alpha value is -2.44. The Morgan fingerprint density at radius 1 is 1.13 bits per heavy atom. The van der Waals surface area contributed by atoms with Crippen LogP contribution in [0.1, 0.15) is 42.3 Å². The summed E-state index contributed by atoms with van der Waals surface area (Å²) in [6.45, 7) is 9.20. The van der Waals surface area contributed by atoms with Gasteiger partial charge in [-0.3, -0.25) is 14.5 Å². The van der Waals surface area contributed by atoms with Crippen LogP contribution in [0.25, 0.3) is 0 Å². The highest BCUT2D eigenvalue weighted by atomic mass is 35.5. The molecule has 0 N–H and O–H groups in total. The van der Waals surface area contributed by atoms with Gasteiger partial charge in [0.05, 0.1) is 5.56 Å². The van der Waals surface area contributed by atoms with Gasteiger partial charge in [-0.05, 0) is 63.1 Å². The van der Waals surface area contributed by atoms with E-state index in [1.807, 2.05) is 18.7 Å². The summed E-state index contributed by atoms with van der Waals surface area (Å²) in [6.07, 6.45) is 0. The summed E-state index contributed by atoms with van der Waals surface area (Å²) in [7, 11) is 0. The van der Waals surface area contributed by atoms with E-state index in [4.69, 9.17) is 16.3 Å². The number of rotatable bonds is 6. The maximum Gasteiger partial charge on any atom is 0.260 e. The minimum absolute atomic E-state index is 0.00646. The van der Waals surface area contributed by atoms with Gasteiger partial charge in [-0.1, -0.05) is 23.7 Å². The number of hydrogen-bond donors (Lipinski definition) is 0. The molecule has 31 heavy (non-hydrogen) atoms. The third-order valence-electron chi connectivity index (χ3n) is 5.73. The molecule has 0 spiro atoms. The molecule has 1 aliphatic heterocycles. The largest absolute Gasteiger partial charge is 0.483 e. The molecule has 0 radical (unpaired) electrons. The van der Waals surface area contributed by atoms with Crippen LogP contribution < -0.4 is 4.74 Å². The van der Waals surface area contributed by atoms with E-state index in [2.05, 4.69) is 11.8 Å². The minimum atomic E-state index is -0.246. The first-order chi connectivity index (χ1) is 14.7. The molecule has 0 aromatic heterocycles. The third-order valence-corrected chi connectivity index (χ3v) is 6.13. The molecule has 1 saturated heterocycles. The van der Waals surface area contributed by atoms with E-state index in [0.717, 1.165) is 11.1 Å². The van der Waals surface area contributed by atoms with Crippen molar-refractivity contribution in [3.8, 4) is 5.75 Å². The number of ether oxygens (including phenoxy) is 1. The maximum atomic E-state index is 13.2. The van der Waals surface area contributed by atoms with Crippen LogP contribution in [0.3, 0.4) is 0 Å². The standard InChI is InChI=1S/C24H28ClFN2O3/c1-15-9-23(21(18(4)29)10-22(15)25)31-14-24(30)28-12-16(2)27(11-17(28)3)13-19-5-7-20(26)8-6-19/h5-10,16-17H,11-14H2,1-4H3/t16-,17+/m1/s1. The van der Waals surface area contributed by atoms with E-state index in [9.17, 15) is 14.0 Å². The summed E-state index contributed by atoms with van der Waals surface area (Å²) in [5, 5.41) is 0.489. The summed E-state index contributed by atoms with van der Waals surface area (Å²) >= 11 is 6.12. The molecule has 166 valence electrons. The van der Waals surface area contributed by atoms with Crippen LogP contribution in [0.5, 0.6) is 5.75 Å². The first-order valence-electron chi connectivity index (χ1n) is 10.4. The molecule has 0 aliphatic carbocycles. The highest BCUT2D eigenvalue weighted by Crippen LogP contribution is 2.27. The molecule has 0 bridgehead atoms. The number of aryl methyl sites for hydroxylation is 1. The summed E-state index contributed by atoms with van der Waals surface area (Å²) < 4.78 is 18.9. The zero-order chi connectivity index (χ0) is 22.7. The average Bonchev–Trinajstić information content (AvgIpc) is 2.72. The lowest BCUT2D eigenvalue weighted by molar-refractivity contribution is -0.139. The van der Waals surface area contributed by atoms with E-state index in [-0.39, 0.29) is 36.2 Å². The second kappa shape index (κ2) is 9.79. The number of carbonyl (C=O) groups excluding carboxylic acids is 2. The normalized spacial score (nSPS) is 19.4. The monoisotopic (exact) mass is 446 g/mol. The number of halogens is 2. The van der Waals surface area contributed by atoms with Gasteiger partial charge in [0.25, 0.3) is 5.91 Å². The fourth-order valence-electron chi connectivity index (χ4n) is 3.86. The van der Waals surface area contributed by atoms with Gasteiger partial charge in [0, 0.05) is 36.7 Å². The minimum Gasteiger partial charge on any atom is -0.483 e. The van der Waals surface area contributed by atoms with Crippen molar-refractivity contribution >= 4 is 23.3 Å². The second-order valence-corrected chi connectivity index (χ2v) is 8.65. The second-order valence-electron chi connectivity index (χ2n) is 8.24. The molecule has 1 amide bonds. The van der Waals surface area contributed by atoms with E-state index in [1.54, 1.807) is 24.3 Å². The fraction of sp³-hybridized carbons (Fsp3) is 0.417. The molecule has 2 aromatic rings. The molecule has 3 rings (SSSR count). The van der Waals surface area contributed by atoms with Crippen molar-refractivity contribution in [3.63, 3.8) is 0 Å². The van der Waals surface area contributed by atoms with Gasteiger partial charge in [0.2, 0.25) is 0 Å². The fourth-order valence-corrected chi connectivity index (χ4v) is 4.03. The molecular formula is C24H28ClFN2O3. The SMILES string of the molecule is CC(=O)c1cc(Cl)c(C)cc1OCC(=O)N1C[C@@H](C)N(Cc2ccc(F)cc2)C[C@@H]1C. The molecule has 5 nitrogen and oxygen atoms in total. The molecule has 7 heteroatoms. The molecular weight excluding hydrogens is 419 g/mol. The lowest BCUT2D eigenvalue weighted by Gasteiger charge is -2.44. The highest BCUT2D eigenvalue weighted by molar-refractivity contribution is 6.31. The molecule has 2 aromatic carbocycles. The third kappa shape index (κ3) is 5.63. The van der Waals surface area contributed by atoms with Crippen molar-refractivity contribution in [2.45, 2.75) is 46.3 Å². The zero-order valence-electron chi connectivity index (χ0n) is 18.3. The Morgan fingerprint density at radius 2 is 1.81 bits per heavy atom.